The quantitative estimate of drug-likeness (QED) is 0.493. The molecule has 1 aliphatic carbocycles. The minimum absolute atomic E-state index is 0.0196. The first-order chi connectivity index (χ1) is 11.6. The van der Waals surface area contributed by atoms with E-state index in [4.69, 9.17) is 5.73 Å². The maximum absolute atomic E-state index is 11.7. The van der Waals surface area contributed by atoms with E-state index in [9.17, 15) is 27.6 Å². The summed E-state index contributed by atoms with van der Waals surface area (Å²) in [5, 5.41) is 26.0. The van der Waals surface area contributed by atoms with E-state index in [1.807, 2.05) is 0 Å². The van der Waals surface area contributed by atoms with Crippen molar-refractivity contribution in [1.82, 2.24) is 4.98 Å². The van der Waals surface area contributed by atoms with Crippen molar-refractivity contribution in [1.29, 1.82) is 0 Å². The van der Waals surface area contributed by atoms with Crippen LogP contribution in [0, 0.1) is 5.92 Å². The van der Waals surface area contributed by atoms with Crippen LogP contribution in [0.2, 0.25) is 0 Å². The number of nitrogens with two attached hydrogens (primary N) is 1. The zero-order valence-electron chi connectivity index (χ0n) is 12.6. The lowest BCUT2D eigenvalue weighted by atomic mass is 9.98. The molecular formula is C13H12N4O6S2. The average molecular weight is 384 g/mol. The highest BCUT2D eigenvalue weighted by Gasteiger charge is 2.31. The average Bonchev–Trinajstić information content (AvgIpc) is 2.54. The summed E-state index contributed by atoms with van der Waals surface area (Å²) in [6, 6.07) is 2.51. The summed E-state index contributed by atoms with van der Waals surface area (Å²) in [5.74, 6) is -3.33. The summed E-state index contributed by atoms with van der Waals surface area (Å²) >= 11 is -0.117. The van der Waals surface area contributed by atoms with Gasteiger partial charge in [0, 0.05) is 6.26 Å². The smallest absolute Gasteiger partial charge is 0.315 e. The number of anilines is 1. The van der Waals surface area contributed by atoms with Crippen LogP contribution < -0.4 is 5.73 Å². The highest BCUT2D eigenvalue weighted by molar-refractivity contribution is 7.94. The number of pyridine rings is 1. The molecule has 1 unspecified atom stereocenters. The molecule has 1 aromatic rings. The Balaban J connectivity index is 2.52. The zero-order chi connectivity index (χ0) is 18.8. The standard InChI is InChI=1S/C13H12N4O6S2/c1-25(22,23)6-4-7(13(19)20)11(24-21)8(5-6)16-17-10-3-2-9(18)12(14)15-10/h2-5,7,18H,1H3,(H2,14,15)(H,19,20). The fourth-order valence-corrected chi connectivity index (χ4v) is 3.02. The van der Waals surface area contributed by atoms with E-state index in [-0.39, 0.29) is 44.1 Å². The highest BCUT2D eigenvalue weighted by Crippen LogP contribution is 2.26. The molecule has 0 bridgehead atoms. The van der Waals surface area contributed by atoms with Crippen LogP contribution in [0.1, 0.15) is 0 Å². The molecule has 0 radical (unpaired) electrons. The molecule has 0 saturated heterocycles. The SMILES string of the molecule is CS(=O)(=O)C1=CC(C(=O)O)C(=S=O)C(N=Nc2ccc(O)c(N)n2)=C1. The Morgan fingerprint density at radius 2 is 2.04 bits per heavy atom. The van der Waals surface area contributed by atoms with Crippen LogP contribution in [0.15, 0.2) is 45.1 Å². The molecule has 12 heteroatoms. The fraction of sp³-hybridized carbons (Fsp3) is 0.154. The van der Waals surface area contributed by atoms with E-state index in [0.29, 0.717) is 0 Å². The van der Waals surface area contributed by atoms with Crippen molar-refractivity contribution in [3.05, 3.63) is 34.9 Å². The second-order valence-electron chi connectivity index (χ2n) is 4.91. The lowest BCUT2D eigenvalue weighted by molar-refractivity contribution is -0.138. The molecule has 10 nitrogen and oxygen atoms in total. The van der Waals surface area contributed by atoms with E-state index in [0.717, 1.165) is 18.4 Å². The number of carbonyl (C=O) groups is 1. The number of azo groups is 1. The summed E-state index contributed by atoms with van der Waals surface area (Å²) in [6.45, 7) is 0. The molecule has 25 heavy (non-hydrogen) atoms. The van der Waals surface area contributed by atoms with Gasteiger partial charge in [0.15, 0.2) is 27.2 Å². The Morgan fingerprint density at radius 3 is 2.56 bits per heavy atom. The number of carboxylic acids is 1. The first-order valence-corrected chi connectivity index (χ1v) is 9.17. The normalized spacial score (nSPS) is 18.0. The van der Waals surface area contributed by atoms with Gasteiger partial charge < -0.3 is 15.9 Å². The zero-order valence-corrected chi connectivity index (χ0v) is 14.3. The predicted octanol–water partition coefficient (Wildman–Crippen LogP) is 0.365. The summed E-state index contributed by atoms with van der Waals surface area (Å²) in [5.41, 5.74) is 5.22. The monoisotopic (exact) mass is 384 g/mol. The maximum atomic E-state index is 11.7. The number of aromatic hydroxyl groups is 1. The van der Waals surface area contributed by atoms with Gasteiger partial charge in [0.1, 0.15) is 11.6 Å². The molecule has 0 saturated carbocycles. The molecule has 1 aliphatic rings. The Bertz CT molecular complexity index is 990. The van der Waals surface area contributed by atoms with Crippen molar-refractivity contribution in [2.45, 2.75) is 0 Å². The van der Waals surface area contributed by atoms with Gasteiger partial charge in [0.25, 0.3) is 0 Å². The summed E-state index contributed by atoms with van der Waals surface area (Å²) in [6.07, 6.45) is 2.93. The Morgan fingerprint density at radius 1 is 1.36 bits per heavy atom. The van der Waals surface area contributed by atoms with Gasteiger partial charge in [-0.1, -0.05) is 0 Å². The lowest BCUT2D eigenvalue weighted by Gasteiger charge is -2.15. The van der Waals surface area contributed by atoms with Crippen LogP contribution >= 0.6 is 0 Å². The van der Waals surface area contributed by atoms with Crippen LogP contribution in [0.25, 0.3) is 0 Å². The molecule has 132 valence electrons. The third-order valence-corrected chi connectivity index (χ3v) is 4.83. The number of rotatable bonds is 4. The second-order valence-corrected chi connectivity index (χ2v) is 7.53. The van der Waals surface area contributed by atoms with Crippen molar-refractivity contribution in [3.63, 3.8) is 0 Å². The number of aromatic nitrogens is 1. The van der Waals surface area contributed by atoms with Gasteiger partial charge in [-0.2, -0.15) is 0 Å². The molecule has 1 aromatic heterocycles. The van der Waals surface area contributed by atoms with Gasteiger partial charge in [-0.15, -0.1) is 10.2 Å². The van der Waals surface area contributed by atoms with E-state index in [2.05, 4.69) is 15.2 Å². The summed E-state index contributed by atoms with van der Waals surface area (Å²) < 4.78 is 34.7. The van der Waals surface area contributed by atoms with Crippen LogP contribution in [0.3, 0.4) is 0 Å². The number of nitrogen functional groups attached to an aromatic ring is 1. The van der Waals surface area contributed by atoms with Gasteiger partial charge in [0.05, 0.1) is 21.0 Å². The fourth-order valence-electron chi connectivity index (χ4n) is 1.86. The van der Waals surface area contributed by atoms with Crippen molar-refractivity contribution >= 4 is 43.6 Å². The third kappa shape index (κ3) is 4.16. The first-order valence-electron chi connectivity index (χ1n) is 6.54. The van der Waals surface area contributed by atoms with E-state index >= 15 is 0 Å². The number of hydrogen-bond donors (Lipinski definition) is 3. The van der Waals surface area contributed by atoms with Gasteiger partial charge in [-0.3, -0.25) is 4.79 Å². The number of sulfone groups is 1. The van der Waals surface area contributed by atoms with Gasteiger partial charge >= 0.3 is 5.97 Å². The number of hydrogen-bond acceptors (Lipinski definition) is 9. The molecule has 2 rings (SSSR count). The van der Waals surface area contributed by atoms with Crippen LogP contribution in [0.5, 0.6) is 5.75 Å². The molecule has 0 spiro atoms. The minimum Gasteiger partial charge on any atom is -0.504 e. The molecule has 0 aromatic carbocycles. The first kappa shape index (κ1) is 18.5. The molecule has 0 aliphatic heterocycles. The Kier molecular flexibility index (Phi) is 5.13. The van der Waals surface area contributed by atoms with Crippen LogP contribution in [0.4, 0.5) is 11.6 Å². The number of nitrogens with zero attached hydrogens (tertiary/aromatic N) is 3. The highest BCUT2D eigenvalue weighted by atomic mass is 32.2. The van der Waals surface area contributed by atoms with Crippen molar-refractivity contribution in [2.75, 3.05) is 12.0 Å². The van der Waals surface area contributed by atoms with E-state index in [1.54, 1.807) is 0 Å². The molecule has 1 heterocycles. The number of aliphatic carboxylic acids is 1. The van der Waals surface area contributed by atoms with Gasteiger partial charge in [0.2, 0.25) is 0 Å². The van der Waals surface area contributed by atoms with Crippen molar-refractivity contribution in [3.8, 4) is 5.75 Å². The summed E-state index contributed by atoms with van der Waals surface area (Å²) in [4.78, 5) is 14.6. The lowest BCUT2D eigenvalue weighted by Crippen LogP contribution is -2.27. The van der Waals surface area contributed by atoms with Crippen LogP contribution in [-0.2, 0) is 25.9 Å². The topological polar surface area (TPSA) is 172 Å². The van der Waals surface area contributed by atoms with Crippen molar-refractivity contribution < 1.29 is 27.6 Å². The number of allylic oxidation sites excluding steroid dienone is 2. The Hall–Kier alpha value is -2.86. The van der Waals surface area contributed by atoms with Crippen LogP contribution in [-0.4, -0.2) is 44.9 Å². The van der Waals surface area contributed by atoms with Gasteiger partial charge in [-0.25, -0.2) is 17.6 Å². The number of carboxylic acid groups (broad SMARTS) is 1. The maximum Gasteiger partial charge on any atom is 0.315 e. The van der Waals surface area contributed by atoms with E-state index in [1.165, 1.54) is 12.1 Å². The minimum atomic E-state index is -3.73. The van der Waals surface area contributed by atoms with Gasteiger partial charge in [-0.05, 0) is 24.3 Å². The second kappa shape index (κ2) is 6.94. The molecule has 1 atom stereocenters. The largest absolute Gasteiger partial charge is 0.504 e. The Labute approximate surface area is 145 Å². The molecule has 0 fully saturated rings. The predicted molar refractivity (Wildman–Crippen MR) is 90.1 cm³/mol. The molecule has 4 N–H and O–H groups in total. The third-order valence-electron chi connectivity index (χ3n) is 3.08. The molecular weight excluding hydrogens is 372 g/mol. The van der Waals surface area contributed by atoms with Crippen molar-refractivity contribution in [2.24, 2.45) is 16.1 Å². The van der Waals surface area contributed by atoms with E-state index < -0.39 is 21.7 Å². The molecule has 0 amide bonds. The summed E-state index contributed by atoms with van der Waals surface area (Å²) in [7, 11) is -3.73.